The van der Waals surface area contributed by atoms with Crippen molar-refractivity contribution in [3.63, 3.8) is 0 Å². The number of rotatable bonds is 5. The summed E-state index contributed by atoms with van der Waals surface area (Å²) < 4.78 is 0. The lowest BCUT2D eigenvalue weighted by Crippen LogP contribution is -2.05. The Morgan fingerprint density at radius 1 is 1.32 bits per heavy atom. The highest BCUT2D eigenvalue weighted by Gasteiger charge is 2.02. The van der Waals surface area contributed by atoms with Crippen molar-refractivity contribution in [1.29, 1.82) is 0 Å². The van der Waals surface area contributed by atoms with E-state index in [1.807, 2.05) is 37.3 Å². The van der Waals surface area contributed by atoms with Gasteiger partial charge in [0.2, 0.25) is 5.95 Å². The first-order chi connectivity index (χ1) is 9.17. The average molecular weight is 275 g/mol. The maximum Gasteiger partial charge on any atom is 0.225 e. The highest BCUT2D eigenvalue weighted by atomic mass is 35.5. The lowest BCUT2D eigenvalue weighted by Gasteiger charge is -2.09. The van der Waals surface area contributed by atoms with E-state index in [-0.39, 0.29) is 0 Å². The summed E-state index contributed by atoms with van der Waals surface area (Å²) in [6, 6.07) is 9.36. The number of anilines is 3. The molecule has 98 valence electrons. The number of aryl methyl sites for hydroxylation is 1. The Morgan fingerprint density at radius 2 is 2.16 bits per heavy atom. The summed E-state index contributed by atoms with van der Waals surface area (Å²) in [5.74, 6) is 1.30. The fourth-order valence-corrected chi connectivity index (χ4v) is 1.78. The quantitative estimate of drug-likeness (QED) is 0.815. The van der Waals surface area contributed by atoms with Crippen LogP contribution in [0.3, 0.4) is 0 Å². The van der Waals surface area contributed by atoms with Crippen LogP contribution in [0.15, 0.2) is 43.0 Å². The van der Waals surface area contributed by atoms with Crippen molar-refractivity contribution in [2.24, 2.45) is 0 Å². The van der Waals surface area contributed by atoms with E-state index in [0.717, 1.165) is 17.2 Å². The highest BCUT2D eigenvalue weighted by Crippen LogP contribution is 2.20. The van der Waals surface area contributed by atoms with E-state index in [0.29, 0.717) is 17.5 Å². The summed E-state index contributed by atoms with van der Waals surface area (Å²) in [5, 5.41) is 6.95. The van der Waals surface area contributed by atoms with Crippen LogP contribution in [-0.4, -0.2) is 16.5 Å². The zero-order chi connectivity index (χ0) is 13.7. The van der Waals surface area contributed by atoms with Gasteiger partial charge in [0.1, 0.15) is 5.82 Å². The third kappa shape index (κ3) is 3.96. The summed E-state index contributed by atoms with van der Waals surface area (Å²) in [7, 11) is 0. The number of benzene rings is 1. The molecular formula is C14H15ClN4. The fourth-order valence-electron chi connectivity index (χ4n) is 1.59. The molecule has 0 spiro atoms. The van der Waals surface area contributed by atoms with Crippen molar-refractivity contribution in [3.8, 4) is 0 Å². The molecule has 2 rings (SSSR count). The van der Waals surface area contributed by atoms with Crippen molar-refractivity contribution in [2.75, 3.05) is 17.2 Å². The number of halogens is 1. The van der Waals surface area contributed by atoms with Gasteiger partial charge < -0.3 is 10.6 Å². The zero-order valence-corrected chi connectivity index (χ0v) is 11.4. The molecule has 0 saturated carbocycles. The molecule has 0 bridgehead atoms. The van der Waals surface area contributed by atoms with Crippen molar-refractivity contribution >= 4 is 29.1 Å². The fraction of sp³-hybridized carbons (Fsp3) is 0.143. The molecule has 0 amide bonds. The van der Waals surface area contributed by atoms with Gasteiger partial charge in [-0.15, -0.1) is 6.58 Å². The van der Waals surface area contributed by atoms with Crippen LogP contribution in [0.25, 0.3) is 0 Å². The van der Waals surface area contributed by atoms with Crippen molar-refractivity contribution < 1.29 is 0 Å². The van der Waals surface area contributed by atoms with E-state index in [2.05, 4.69) is 27.2 Å². The molecule has 19 heavy (non-hydrogen) atoms. The Hall–Kier alpha value is -2.07. The number of hydrogen-bond acceptors (Lipinski definition) is 4. The summed E-state index contributed by atoms with van der Waals surface area (Å²) in [5.41, 5.74) is 1.77. The molecule has 0 aliphatic carbocycles. The van der Waals surface area contributed by atoms with Gasteiger partial charge in [-0.3, -0.25) is 0 Å². The van der Waals surface area contributed by atoms with Crippen LogP contribution >= 0.6 is 11.6 Å². The first-order valence-corrected chi connectivity index (χ1v) is 6.28. The van der Waals surface area contributed by atoms with Gasteiger partial charge >= 0.3 is 0 Å². The summed E-state index contributed by atoms with van der Waals surface area (Å²) in [4.78, 5) is 8.67. The number of hydrogen-bond donors (Lipinski definition) is 2. The van der Waals surface area contributed by atoms with Crippen LogP contribution in [0.1, 0.15) is 5.69 Å². The summed E-state index contributed by atoms with van der Waals surface area (Å²) in [6.45, 7) is 6.20. The van der Waals surface area contributed by atoms with Gasteiger partial charge in [-0.1, -0.05) is 23.7 Å². The molecule has 2 N–H and O–H groups in total. The minimum absolute atomic E-state index is 0.574. The van der Waals surface area contributed by atoms with Gasteiger partial charge in [0.15, 0.2) is 0 Å². The standard InChI is InChI=1S/C14H15ClN4/c1-3-7-16-14-17-10(2)8-13(19-14)18-12-6-4-5-11(15)9-12/h3-6,8-9H,1,7H2,2H3,(H2,16,17,18,19). The Balaban J connectivity index is 2.19. The molecule has 1 aromatic carbocycles. The second kappa shape index (κ2) is 6.20. The summed E-state index contributed by atoms with van der Waals surface area (Å²) in [6.07, 6.45) is 1.76. The van der Waals surface area contributed by atoms with Crippen LogP contribution in [0.4, 0.5) is 17.5 Å². The molecule has 0 aliphatic heterocycles. The van der Waals surface area contributed by atoms with Crippen LogP contribution in [0.2, 0.25) is 5.02 Å². The van der Waals surface area contributed by atoms with Crippen LogP contribution in [-0.2, 0) is 0 Å². The van der Waals surface area contributed by atoms with E-state index in [1.54, 1.807) is 6.08 Å². The van der Waals surface area contributed by atoms with Crippen LogP contribution in [0, 0.1) is 6.92 Å². The third-order valence-corrected chi connectivity index (χ3v) is 2.59. The second-order valence-electron chi connectivity index (χ2n) is 4.02. The molecule has 0 atom stereocenters. The summed E-state index contributed by atoms with van der Waals surface area (Å²) >= 11 is 5.95. The SMILES string of the molecule is C=CCNc1nc(C)cc(Nc2cccc(Cl)c2)n1. The van der Waals surface area contributed by atoms with E-state index < -0.39 is 0 Å². The normalized spacial score (nSPS) is 10.0. The zero-order valence-electron chi connectivity index (χ0n) is 10.7. The monoisotopic (exact) mass is 274 g/mol. The smallest absolute Gasteiger partial charge is 0.225 e. The molecule has 1 heterocycles. The molecule has 0 aliphatic rings. The van der Waals surface area contributed by atoms with E-state index in [1.165, 1.54) is 0 Å². The lowest BCUT2D eigenvalue weighted by atomic mass is 10.3. The van der Waals surface area contributed by atoms with E-state index in [9.17, 15) is 0 Å². The van der Waals surface area contributed by atoms with Crippen molar-refractivity contribution in [2.45, 2.75) is 6.92 Å². The Bertz CT molecular complexity index is 583. The molecule has 5 heteroatoms. The first-order valence-electron chi connectivity index (χ1n) is 5.90. The molecular weight excluding hydrogens is 260 g/mol. The number of nitrogens with one attached hydrogen (secondary N) is 2. The topological polar surface area (TPSA) is 49.8 Å². The van der Waals surface area contributed by atoms with Gasteiger partial charge in [0.25, 0.3) is 0 Å². The number of nitrogens with zero attached hydrogens (tertiary/aromatic N) is 2. The maximum absolute atomic E-state index is 5.95. The molecule has 0 fully saturated rings. The third-order valence-electron chi connectivity index (χ3n) is 2.36. The van der Waals surface area contributed by atoms with Crippen LogP contribution in [0.5, 0.6) is 0 Å². The predicted octanol–water partition coefficient (Wildman–Crippen LogP) is 3.78. The molecule has 4 nitrogen and oxygen atoms in total. The Kier molecular flexibility index (Phi) is 4.36. The molecule has 0 saturated heterocycles. The lowest BCUT2D eigenvalue weighted by molar-refractivity contribution is 1.08. The molecule has 1 aromatic heterocycles. The Morgan fingerprint density at radius 3 is 2.89 bits per heavy atom. The molecule has 0 unspecified atom stereocenters. The van der Waals surface area contributed by atoms with E-state index in [4.69, 9.17) is 11.6 Å². The maximum atomic E-state index is 5.95. The molecule has 2 aromatic rings. The van der Waals surface area contributed by atoms with Gasteiger partial charge in [0.05, 0.1) is 0 Å². The average Bonchev–Trinajstić information content (AvgIpc) is 2.35. The largest absolute Gasteiger partial charge is 0.351 e. The molecule has 0 radical (unpaired) electrons. The van der Waals surface area contributed by atoms with Crippen LogP contribution < -0.4 is 10.6 Å². The van der Waals surface area contributed by atoms with Gasteiger partial charge in [0, 0.05) is 29.0 Å². The minimum Gasteiger partial charge on any atom is -0.351 e. The highest BCUT2D eigenvalue weighted by molar-refractivity contribution is 6.30. The first kappa shape index (κ1) is 13.4. The predicted molar refractivity (Wildman–Crippen MR) is 80.2 cm³/mol. The van der Waals surface area contributed by atoms with Gasteiger partial charge in [-0.05, 0) is 25.1 Å². The van der Waals surface area contributed by atoms with Gasteiger partial charge in [-0.25, -0.2) is 4.98 Å². The Labute approximate surface area is 117 Å². The van der Waals surface area contributed by atoms with Gasteiger partial charge in [-0.2, -0.15) is 4.98 Å². The van der Waals surface area contributed by atoms with Crippen molar-refractivity contribution in [3.05, 3.63) is 53.7 Å². The van der Waals surface area contributed by atoms with E-state index >= 15 is 0 Å². The van der Waals surface area contributed by atoms with Crippen molar-refractivity contribution in [1.82, 2.24) is 9.97 Å². The minimum atomic E-state index is 0.574. The second-order valence-corrected chi connectivity index (χ2v) is 4.46. The number of aromatic nitrogens is 2.